The Kier molecular flexibility index (Phi) is 6.12. The molecule has 102 valence electrons. The lowest BCUT2D eigenvalue weighted by Gasteiger charge is -2.28. The molecule has 1 N–H and O–H groups in total. The monoisotopic (exact) mass is 332 g/mol. The Morgan fingerprint density at radius 1 is 1.33 bits per heavy atom. The molecule has 0 aliphatic heterocycles. The van der Waals surface area contributed by atoms with Gasteiger partial charge in [0.05, 0.1) is 5.02 Å². The van der Waals surface area contributed by atoms with Crippen LogP contribution in [0.3, 0.4) is 0 Å². The highest BCUT2D eigenvalue weighted by Crippen LogP contribution is 2.23. The number of nitrogens with one attached hydrogen (secondary N) is 1. The van der Waals surface area contributed by atoms with Crippen molar-refractivity contribution in [3.63, 3.8) is 0 Å². The Balaban J connectivity index is 2.43. The molecule has 4 heteroatoms. The number of hydrogen-bond acceptors (Lipinski definition) is 2. The predicted octanol–water partition coefficient (Wildman–Crippen LogP) is 3.78. The molecule has 0 amide bonds. The Morgan fingerprint density at radius 3 is 2.56 bits per heavy atom. The Labute approximate surface area is 124 Å². The Morgan fingerprint density at radius 2 is 2.00 bits per heavy atom. The van der Waals surface area contributed by atoms with Crippen LogP contribution in [-0.2, 0) is 6.54 Å². The second-order valence-corrected chi connectivity index (χ2v) is 7.02. The SMILES string of the molecule is CN(C)CC(C)(C)CNCc1ccc(Cl)c(Br)c1. The van der Waals surface area contributed by atoms with Gasteiger partial charge in [-0.1, -0.05) is 31.5 Å². The molecule has 18 heavy (non-hydrogen) atoms. The predicted molar refractivity (Wildman–Crippen MR) is 83.2 cm³/mol. The van der Waals surface area contributed by atoms with Gasteiger partial charge in [0.2, 0.25) is 0 Å². The zero-order chi connectivity index (χ0) is 13.8. The van der Waals surface area contributed by atoms with Crippen molar-refractivity contribution in [1.82, 2.24) is 10.2 Å². The van der Waals surface area contributed by atoms with Gasteiger partial charge in [-0.3, -0.25) is 0 Å². The normalized spacial score (nSPS) is 12.2. The molecule has 0 bridgehead atoms. The summed E-state index contributed by atoms with van der Waals surface area (Å²) in [5, 5.41) is 4.26. The number of halogens is 2. The molecule has 0 unspecified atom stereocenters. The molecule has 2 nitrogen and oxygen atoms in total. The Bertz CT molecular complexity index is 391. The average molecular weight is 334 g/mol. The van der Waals surface area contributed by atoms with E-state index in [1.165, 1.54) is 5.56 Å². The van der Waals surface area contributed by atoms with Gasteiger partial charge in [0.15, 0.2) is 0 Å². The van der Waals surface area contributed by atoms with Gasteiger partial charge in [0.25, 0.3) is 0 Å². The highest BCUT2D eigenvalue weighted by atomic mass is 79.9. The second-order valence-electron chi connectivity index (χ2n) is 5.75. The zero-order valence-electron chi connectivity index (χ0n) is 11.6. The lowest BCUT2D eigenvalue weighted by atomic mass is 9.93. The zero-order valence-corrected chi connectivity index (χ0v) is 13.9. The Hall–Kier alpha value is -0.0900. The van der Waals surface area contributed by atoms with E-state index in [1.807, 2.05) is 6.07 Å². The number of nitrogens with zero attached hydrogens (tertiary/aromatic N) is 1. The van der Waals surface area contributed by atoms with Gasteiger partial charge in [-0.05, 0) is 53.1 Å². The van der Waals surface area contributed by atoms with Gasteiger partial charge in [-0.15, -0.1) is 0 Å². The van der Waals surface area contributed by atoms with E-state index in [9.17, 15) is 0 Å². The summed E-state index contributed by atoms with van der Waals surface area (Å²) >= 11 is 9.42. The lowest BCUT2D eigenvalue weighted by Crippen LogP contribution is -2.37. The minimum atomic E-state index is 0.271. The van der Waals surface area contributed by atoms with Crippen molar-refractivity contribution in [2.45, 2.75) is 20.4 Å². The minimum Gasteiger partial charge on any atom is -0.312 e. The molecule has 0 radical (unpaired) electrons. The van der Waals surface area contributed by atoms with E-state index >= 15 is 0 Å². The number of rotatable bonds is 6. The van der Waals surface area contributed by atoms with Crippen molar-refractivity contribution in [1.29, 1.82) is 0 Å². The van der Waals surface area contributed by atoms with Crippen LogP contribution in [0.15, 0.2) is 22.7 Å². The van der Waals surface area contributed by atoms with Crippen LogP contribution in [-0.4, -0.2) is 32.1 Å². The van der Waals surface area contributed by atoms with E-state index in [1.54, 1.807) is 0 Å². The number of hydrogen-bond donors (Lipinski definition) is 1. The molecule has 0 aliphatic carbocycles. The van der Waals surface area contributed by atoms with Crippen molar-refractivity contribution in [2.75, 3.05) is 27.2 Å². The summed E-state index contributed by atoms with van der Waals surface area (Å²) in [6.07, 6.45) is 0. The molecular formula is C14H22BrClN2. The average Bonchev–Trinajstić information content (AvgIpc) is 2.21. The molecule has 0 saturated heterocycles. The first kappa shape index (κ1) is 16.0. The molecule has 0 spiro atoms. The largest absolute Gasteiger partial charge is 0.312 e. The van der Waals surface area contributed by atoms with E-state index in [4.69, 9.17) is 11.6 Å². The molecule has 0 heterocycles. The molecular weight excluding hydrogens is 312 g/mol. The van der Waals surface area contributed by atoms with E-state index in [2.05, 4.69) is 66.2 Å². The van der Waals surface area contributed by atoms with E-state index in [-0.39, 0.29) is 5.41 Å². The molecule has 1 aromatic rings. The van der Waals surface area contributed by atoms with Crippen LogP contribution >= 0.6 is 27.5 Å². The third-order valence-electron chi connectivity index (χ3n) is 2.66. The summed E-state index contributed by atoms with van der Waals surface area (Å²) in [5.41, 5.74) is 1.51. The molecule has 0 saturated carbocycles. The van der Waals surface area contributed by atoms with Gasteiger partial charge >= 0.3 is 0 Å². The van der Waals surface area contributed by atoms with Gasteiger partial charge in [0, 0.05) is 24.1 Å². The van der Waals surface area contributed by atoms with Gasteiger partial charge in [-0.2, -0.15) is 0 Å². The third-order valence-corrected chi connectivity index (χ3v) is 3.87. The summed E-state index contributed by atoms with van der Waals surface area (Å²) in [5.74, 6) is 0. The lowest BCUT2D eigenvalue weighted by molar-refractivity contribution is 0.232. The summed E-state index contributed by atoms with van der Waals surface area (Å²) in [6, 6.07) is 6.04. The fraction of sp³-hybridized carbons (Fsp3) is 0.571. The first-order chi connectivity index (χ1) is 8.30. The van der Waals surface area contributed by atoms with Gasteiger partial charge in [0.1, 0.15) is 0 Å². The minimum absolute atomic E-state index is 0.271. The summed E-state index contributed by atoms with van der Waals surface area (Å²) in [7, 11) is 4.22. The van der Waals surface area contributed by atoms with Crippen molar-refractivity contribution < 1.29 is 0 Å². The smallest absolute Gasteiger partial charge is 0.0548 e. The highest BCUT2D eigenvalue weighted by Gasteiger charge is 2.18. The molecule has 0 aliphatic rings. The molecule has 1 aromatic carbocycles. The second kappa shape index (κ2) is 6.90. The van der Waals surface area contributed by atoms with Gasteiger partial charge in [-0.25, -0.2) is 0 Å². The van der Waals surface area contributed by atoms with E-state index < -0.39 is 0 Å². The van der Waals surface area contributed by atoms with E-state index in [0.717, 1.165) is 29.1 Å². The summed E-state index contributed by atoms with van der Waals surface area (Å²) < 4.78 is 0.955. The topological polar surface area (TPSA) is 15.3 Å². The van der Waals surface area contributed by atoms with Crippen LogP contribution in [0, 0.1) is 5.41 Å². The standard InChI is InChI=1S/C14H22BrClN2/c1-14(2,10-18(3)4)9-17-8-11-5-6-13(16)12(15)7-11/h5-7,17H,8-10H2,1-4H3. The van der Waals surface area contributed by atoms with Crippen molar-refractivity contribution in [3.05, 3.63) is 33.3 Å². The van der Waals surface area contributed by atoms with Crippen LogP contribution in [0.4, 0.5) is 0 Å². The molecule has 1 rings (SSSR count). The van der Waals surface area contributed by atoms with Crippen molar-refractivity contribution >= 4 is 27.5 Å². The number of benzene rings is 1. The fourth-order valence-electron chi connectivity index (χ4n) is 2.11. The quantitative estimate of drug-likeness (QED) is 0.852. The van der Waals surface area contributed by atoms with Crippen LogP contribution in [0.2, 0.25) is 5.02 Å². The van der Waals surface area contributed by atoms with Crippen LogP contribution in [0.25, 0.3) is 0 Å². The molecule has 0 aromatic heterocycles. The van der Waals surface area contributed by atoms with Crippen molar-refractivity contribution in [3.8, 4) is 0 Å². The summed E-state index contributed by atoms with van der Waals surface area (Å²) in [4.78, 5) is 2.22. The van der Waals surface area contributed by atoms with Crippen LogP contribution in [0.5, 0.6) is 0 Å². The fourth-order valence-corrected chi connectivity index (χ4v) is 2.65. The molecule has 0 atom stereocenters. The first-order valence-electron chi connectivity index (χ1n) is 6.09. The van der Waals surface area contributed by atoms with Crippen LogP contribution in [0.1, 0.15) is 19.4 Å². The van der Waals surface area contributed by atoms with E-state index in [0.29, 0.717) is 0 Å². The summed E-state index contributed by atoms with van der Waals surface area (Å²) in [6.45, 7) is 7.48. The maximum absolute atomic E-state index is 5.97. The molecule has 0 fully saturated rings. The highest BCUT2D eigenvalue weighted by molar-refractivity contribution is 9.10. The first-order valence-corrected chi connectivity index (χ1v) is 7.27. The van der Waals surface area contributed by atoms with Gasteiger partial charge < -0.3 is 10.2 Å². The maximum atomic E-state index is 5.97. The van der Waals surface area contributed by atoms with Crippen LogP contribution < -0.4 is 5.32 Å². The van der Waals surface area contributed by atoms with Crippen molar-refractivity contribution in [2.24, 2.45) is 5.41 Å². The maximum Gasteiger partial charge on any atom is 0.0548 e. The third kappa shape index (κ3) is 5.70.